The summed E-state index contributed by atoms with van der Waals surface area (Å²) in [4.78, 5) is 0. The Labute approximate surface area is 80.0 Å². The SMILES string of the molecule is COC1NC2C[C@@H]3CC1C[C@@H](C2)C3. The van der Waals surface area contributed by atoms with Gasteiger partial charge < -0.3 is 4.74 Å². The van der Waals surface area contributed by atoms with E-state index in [4.69, 9.17) is 4.74 Å². The van der Waals surface area contributed by atoms with E-state index in [1.807, 2.05) is 7.11 Å². The maximum Gasteiger partial charge on any atom is 0.110 e. The molecule has 0 aromatic rings. The second-order valence-electron chi connectivity index (χ2n) is 5.19. The summed E-state index contributed by atoms with van der Waals surface area (Å²) < 4.78 is 5.54. The highest BCUT2D eigenvalue weighted by molar-refractivity contribution is 4.95. The summed E-state index contributed by atoms with van der Waals surface area (Å²) in [7, 11) is 1.85. The van der Waals surface area contributed by atoms with Crippen molar-refractivity contribution in [3.63, 3.8) is 0 Å². The minimum absolute atomic E-state index is 0.361. The van der Waals surface area contributed by atoms with Crippen LogP contribution in [0.5, 0.6) is 0 Å². The molecule has 1 unspecified atom stereocenters. The second kappa shape index (κ2) is 2.96. The summed E-state index contributed by atoms with van der Waals surface area (Å²) >= 11 is 0. The van der Waals surface area contributed by atoms with Crippen molar-refractivity contribution in [1.29, 1.82) is 0 Å². The molecular weight excluding hydrogens is 162 g/mol. The van der Waals surface area contributed by atoms with Crippen LogP contribution in [0.4, 0.5) is 0 Å². The molecule has 2 aliphatic carbocycles. The highest BCUT2D eigenvalue weighted by Crippen LogP contribution is 2.46. The van der Waals surface area contributed by atoms with E-state index in [1.54, 1.807) is 0 Å². The van der Waals surface area contributed by atoms with E-state index in [2.05, 4.69) is 5.32 Å². The fraction of sp³-hybridized carbons (Fsp3) is 1.00. The van der Waals surface area contributed by atoms with Crippen LogP contribution in [0.2, 0.25) is 0 Å². The Morgan fingerprint density at radius 3 is 2.31 bits per heavy atom. The average Bonchev–Trinajstić information content (AvgIpc) is 2.29. The van der Waals surface area contributed by atoms with E-state index >= 15 is 0 Å². The van der Waals surface area contributed by atoms with Gasteiger partial charge in [-0.3, -0.25) is 5.32 Å². The van der Waals surface area contributed by atoms with Gasteiger partial charge in [0, 0.05) is 13.2 Å². The van der Waals surface area contributed by atoms with Gasteiger partial charge in [0.15, 0.2) is 0 Å². The molecule has 0 aromatic heterocycles. The van der Waals surface area contributed by atoms with Crippen LogP contribution < -0.4 is 5.32 Å². The van der Waals surface area contributed by atoms with Gasteiger partial charge in [0.25, 0.3) is 0 Å². The minimum atomic E-state index is 0.361. The Hall–Kier alpha value is -0.0800. The fourth-order valence-corrected chi connectivity index (χ4v) is 3.91. The average molecular weight is 181 g/mol. The standard InChI is InChI=1S/C11H19NO/c1-13-11-9-3-7-2-8(4-9)6-10(5-7)12-11/h7-12H,2-6H2,1H3/t7-,8-,9?,10?,11?/m0/s1. The van der Waals surface area contributed by atoms with Crippen LogP contribution in [0, 0.1) is 17.8 Å². The number of hydrogen-bond donors (Lipinski definition) is 1. The second-order valence-corrected chi connectivity index (χ2v) is 5.19. The predicted molar refractivity (Wildman–Crippen MR) is 51.3 cm³/mol. The maximum atomic E-state index is 5.54. The molecule has 2 aliphatic heterocycles. The number of hydrogen-bond acceptors (Lipinski definition) is 2. The Bertz CT molecular complexity index is 192. The molecule has 2 saturated heterocycles. The zero-order valence-corrected chi connectivity index (χ0v) is 8.33. The van der Waals surface area contributed by atoms with Crippen LogP contribution in [0.25, 0.3) is 0 Å². The van der Waals surface area contributed by atoms with E-state index in [9.17, 15) is 0 Å². The highest BCUT2D eigenvalue weighted by Gasteiger charge is 2.43. The summed E-state index contributed by atoms with van der Waals surface area (Å²) in [6, 6.07) is 0.765. The normalized spacial score (nSPS) is 53.8. The summed E-state index contributed by atoms with van der Waals surface area (Å²) in [5.74, 6) is 2.83. The van der Waals surface area contributed by atoms with E-state index in [0.717, 1.165) is 23.8 Å². The van der Waals surface area contributed by atoms with Crippen molar-refractivity contribution in [1.82, 2.24) is 5.32 Å². The first kappa shape index (κ1) is 8.25. The summed E-state index contributed by atoms with van der Waals surface area (Å²) in [6.07, 6.45) is 7.52. The van der Waals surface area contributed by atoms with Crippen molar-refractivity contribution in [2.75, 3.05) is 7.11 Å². The molecule has 2 saturated carbocycles. The summed E-state index contributed by atoms with van der Waals surface area (Å²) in [5.41, 5.74) is 0. The van der Waals surface area contributed by atoms with E-state index in [1.165, 1.54) is 32.1 Å². The van der Waals surface area contributed by atoms with E-state index < -0.39 is 0 Å². The predicted octanol–water partition coefficient (Wildman–Crippen LogP) is 1.76. The molecule has 2 heteroatoms. The molecule has 1 N–H and O–H groups in total. The fourth-order valence-electron chi connectivity index (χ4n) is 3.91. The number of fused-ring (bicyclic) bond motifs is 1. The lowest BCUT2D eigenvalue weighted by Gasteiger charge is -2.37. The Morgan fingerprint density at radius 1 is 1.00 bits per heavy atom. The summed E-state index contributed by atoms with van der Waals surface area (Å²) in [5, 5.41) is 3.67. The van der Waals surface area contributed by atoms with Crippen molar-refractivity contribution in [2.45, 2.75) is 44.4 Å². The van der Waals surface area contributed by atoms with Gasteiger partial charge in [0.2, 0.25) is 0 Å². The molecule has 0 spiro atoms. The molecule has 4 fully saturated rings. The first-order valence-corrected chi connectivity index (χ1v) is 5.64. The van der Waals surface area contributed by atoms with Crippen molar-refractivity contribution in [2.24, 2.45) is 17.8 Å². The third kappa shape index (κ3) is 1.31. The Kier molecular flexibility index (Phi) is 1.88. The number of rotatable bonds is 1. The third-order valence-electron chi connectivity index (χ3n) is 4.26. The van der Waals surface area contributed by atoms with Gasteiger partial charge >= 0.3 is 0 Å². The molecule has 3 atom stereocenters. The van der Waals surface area contributed by atoms with Crippen LogP contribution in [0.1, 0.15) is 32.1 Å². The van der Waals surface area contributed by atoms with Crippen LogP contribution in [0.15, 0.2) is 0 Å². The maximum absolute atomic E-state index is 5.54. The molecule has 13 heavy (non-hydrogen) atoms. The third-order valence-corrected chi connectivity index (χ3v) is 4.26. The Balaban J connectivity index is 1.86. The van der Waals surface area contributed by atoms with Crippen LogP contribution in [-0.2, 0) is 4.74 Å². The number of ether oxygens (including phenoxy) is 1. The molecule has 4 bridgehead atoms. The molecule has 0 aromatic carbocycles. The number of nitrogens with one attached hydrogen (secondary N) is 1. The smallest absolute Gasteiger partial charge is 0.110 e. The monoisotopic (exact) mass is 181 g/mol. The minimum Gasteiger partial charge on any atom is -0.366 e. The van der Waals surface area contributed by atoms with Gasteiger partial charge in [-0.25, -0.2) is 0 Å². The van der Waals surface area contributed by atoms with Crippen LogP contribution in [0.3, 0.4) is 0 Å². The van der Waals surface area contributed by atoms with Crippen molar-refractivity contribution >= 4 is 0 Å². The molecule has 2 heterocycles. The quantitative estimate of drug-likeness (QED) is 0.665. The van der Waals surface area contributed by atoms with Gasteiger partial charge in [-0.2, -0.15) is 0 Å². The zero-order valence-electron chi connectivity index (χ0n) is 8.33. The largest absolute Gasteiger partial charge is 0.366 e. The lowest BCUT2D eigenvalue weighted by atomic mass is 9.68. The van der Waals surface area contributed by atoms with E-state index in [0.29, 0.717) is 6.23 Å². The topological polar surface area (TPSA) is 21.3 Å². The van der Waals surface area contributed by atoms with Crippen LogP contribution >= 0.6 is 0 Å². The van der Waals surface area contributed by atoms with Gasteiger partial charge in [-0.05, 0) is 49.9 Å². The van der Waals surface area contributed by atoms with Gasteiger partial charge in [0.1, 0.15) is 6.23 Å². The highest BCUT2D eigenvalue weighted by atomic mass is 16.5. The molecule has 74 valence electrons. The molecular formula is C11H19NO. The summed E-state index contributed by atoms with van der Waals surface area (Å²) in [6.45, 7) is 0. The van der Waals surface area contributed by atoms with E-state index in [-0.39, 0.29) is 0 Å². The molecule has 2 nitrogen and oxygen atoms in total. The van der Waals surface area contributed by atoms with Crippen molar-refractivity contribution < 1.29 is 4.74 Å². The van der Waals surface area contributed by atoms with Crippen molar-refractivity contribution in [3.8, 4) is 0 Å². The molecule has 4 aliphatic rings. The zero-order chi connectivity index (χ0) is 8.84. The first-order valence-electron chi connectivity index (χ1n) is 5.64. The first-order chi connectivity index (χ1) is 6.35. The van der Waals surface area contributed by atoms with Gasteiger partial charge in [0.05, 0.1) is 0 Å². The molecule has 4 rings (SSSR count). The molecule has 0 amide bonds. The lowest BCUT2D eigenvalue weighted by Crippen LogP contribution is -2.40. The van der Waals surface area contributed by atoms with Crippen LogP contribution in [-0.4, -0.2) is 19.4 Å². The number of methoxy groups -OCH3 is 1. The Morgan fingerprint density at radius 2 is 1.69 bits per heavy atom. The molecule has 0 radical (unpaired) electrons. The lowest BCUT2D eigenvalue weighted by molar-refractivity contribution is 0.0141. The van der Waals surface area contributed by atoms with Gasteiger partial charge in [-0.15, -0.1) is 0 Å². The van der Waals surface area contributed by atoms with Gasteiger partial charge in [-0.1, -0.05) is 0 Å². The van der Waals surface area contributed by atoms with Crippen molar-refractivity contribution in [3.05, 3.63) is 0 Å².